The van der Waals surface area contributed by atoms with Crippen LogP contribution in [0.5, 0.6) is 0 Å². The number of nitrogens with two attached hydrogens (primary N) is 4. The van der Waals surface area contributed by atoms with Gasteiger partial charge in [-0.15, -0.1) is 0 Å². The van der Waals surface area contributed by atoms with Gasteiger partial charge in [0.1, 0.15) is 142 Å². The zero-order valence-corrected chi connectivity index (χ0v) is 64.2. The van der Waals surface area contributed by atoms with Crippen LogP contribution in [0.1, 0.15) is 128 Å². The first-order chi connectivity index (χ1) is 50.6. The number of hydrogen-bond acceptors (Lipinski definition) is 33. The normalized spacial score (nSPS) is 33.1. The summed E-state index contributed by atoms with van der Waals surface area (Å²) in [5.74, 6) is -1.28. The fourth-order valence-corrected chi connectivity index (χ4v) is 17.4. The molecule has 0 saturated carbocycles. The molecule has 596 valence electrons. The molecular weight excluding hydrogens is 1500 g/mol. The zero-order valence-electron chi connectivity index (χ0n) is 61.6. The maximum absolute atomic E-state index is 12.3. The first kappa shape index (κ1) is 81.5. The first-order valence-corrected chi connectivity index (χ1v) is 38.8. The molecule has 15 heterocycles. The average Bonchev–Trinajstić information content (AvgIpc) is 1.57. The lowest BCUT2D eigenvalue weighted by Crippen LogP contribution is -2.46. The predicted molar refractivity (Wildman–Crippen MR) is 379 cm³/mol. The Labute approximate surface area is 622 Å². The van der Waals surface area contributed by atoms with Gasteiger partial charge in [-0.05, 0) is 121 Å². The van der Waals surface area contributed by atoms with Crippen LogP contribution in [0.15, 0.2) is 74.4 Å². The first-order valence-electron chi connectivity index (χ1n) is 34.3. The number of fused-ring (bicyclic) bond motifs is 7. The summed E-state index contributed by atoms with van der Waals surface area (Å²) in [4.78, 5) is 79.3. The second kappa shape index (κ2) is 29.2. The Kier molecular flexibility index (Phi) is 21.8. The Bertz CT molecular complexity index is 4870. The van der Waals surface area contributed by atoms with Crippen LogP contribution in [-0.4, -0.2) is 218 Å². The number of nitrogen functional groups attached to an aromatic ring is 4. The molecule has 109 heavy (non-hydrogen) atoms. The number of nitrogens with zero attached hydrogens (tertiary/aromatic N) is 13. The lowest BCUT2D eigenvalue weighted by Gasteiger charge is -2.30. The molecule has 7 saturated heterocycles. The summed E-state index contributed by atoms with van der Waals surface area (Å²) >= 11 is 0. The summed E-state index contributed by atoms with van der Waals surface area (Å²) in [5, 5.41) is 42.5. The molecule has 45 heteroatoms. The van der Waals surface area contributed by atoms with Crippen molar-refractivity contribution in [3.63, 3.8) is 0 Å². The van der Waals surface area contributed by atoms with Crippen molar-refractivity contribution in [3.05, 3.63) is 74.4 Å². The van der Waals surface area contributed by atoms with Crippen molar-refractivity contribution in [2.45, 2.75) is 241 Å². The minimum absolute atomic E-state index is 0.0399. The number of anilines is 4. The standard InChI is InChI=1S/C19H26N5O7P.C16H23N4O7P.C16H22N4O4.C13H19N4O7P/c1-11(30-32(25,26)27-9-5-7-20)13-14-19(4,31-18(2,3)29-14)17(28-13)24-8-6-12-15(21)22-10-23-16(12)24;1-8(26-28(21,22)23)10-11-16(4,27-15(2,3)25-11)14(24-10)20-6-5-9-12(17)18-7-19-13(9)20;1-8(21)10-11-16(4,24-15(2,3)23-11)14(22-10)20-6-5-9-12(17)18-7-19-13(9)20;1-6(24-25(20,21)22)8-9(18)13(2,19)12(23-8)17-4-3-7-10(14)15-5-16-11(7)17/h6,8,10-11,13-14,17H,5,9H2,1-4H3,(H,25,26)(H2,21,22,23);5-8,10-11,14H,1-4H3,(H2,17,18,19)(H2,21,22,23);5-8,10-11,14,21H,1-4H3,(H2,17,18,19);3-6,8-9,12,18-19H,1-2H3,(H2,14,15,16)(H2,20,21,22)/t11-,13-,14-,17-,19-;2*8-,10-,11-,14-,16-;6-,8-,9-,12-,13-/m1111/s1. The third-order valence-electron chi connectivity index (χ3n) is 19.7. The maximum atomic E-state index is 12.3. The summed E-state index contributed by atoms with van der Waals surface area (Å²) in [6.07, 6.45) is -0.761. The molecule has 8 aromatic rings. The molecule has 1 unspecified atom stereocenters. The van der Waals surface area contributed by atoms with E-state index >= 15 is 0 Å². The van der Waals surface area contributed by atoms with Crippen LogP contribution in [0.4, 0.5) is 23.3 Å². The van der Waals surface area contributed by atoms with Crippen LogP contribution in [0, 0.1) is 11.3 Å². The summed E-state index contributed by atoms with van der Waals surface area (Å²) in [5.41, 5.74) is 21.3. The number of ether oxygens (including phenoxy) is 10. The molecule has 16 N–H and O–H groups in total. The van der Waals surface area contributed by atoms with E-state index in [-0.39, 0.29) is 18.8 Å². The highest BCUT2D eigenvalue weighted by atomic mass is 31.2. The molecule has 21 atom stereocenters. The zero-order chi connectivity index (χ0) is 79.6. The van der Waals surface area contributed by atoms with Gasteiger partial charge in [0.25, 0.3) is 0 Å². The molecule has 0 aromatic carbocycles. The Balaban J connectivity index is 0.000000136. The molecule has 7 aliphatic heterocycles. The molecular formula is C64H90N17O25P3. The van der Waals surface area contributed by atoms with Crippen molar-refractivity contribution in [1.29, 1.82) is 5.26 Å². The number of rotatable bonds is 17. The van der Waals surface area contributed by atoms with Crippen molar-refractivity contribution < 1.29 is 119 Å². The van der Waals surface area contributed by atoms with Crippen molar-refractivity contribution in [2.75, 3.05) is 29.5 Å². The molecule has 0 radical (unpaired) electrons. The number of nitriles is 1. The van der Waals surface area contributed by atoms with Crippen molar-refractivity contribution in [1.82, 2.24) is 58.1 Å². The number of phosphoric ester groups is 3. The SMILES string of the molecule is C[C@@H](O)[C@H]1O[C@@H](n2ccc3c(N)ncnc32)[C@]2(C)OC(C)(C)O[C@H]12.C[C@@H](OP(=O)(O)O)[C@H]1O[C@@H](n2ccc3c(N)ncnc32)[C@](C)(O)[C@@H]1O.C[C@@H](OP(=O)(O)O)[C@H]1O[C@@H](n2ccc3c(N)ncnc32)[C@]2(C)OC(C)(C)O[C@H]12.C[C@@H](OP(=O)(O)OCCC#N)[C@H]1O[C@@H](n2ccc3c(N)ncnc32)[C@]2(C)OC(C)(C)O[C@H]12. The average molecular weight is 1590 g/mol. The Morgan fingerprint density at radius 1 is 0.486 bits per heavy atom. The monoisotopic (exact) mass is 1590 g/mol. The Hall–Kier alpha value is -7.02. The van der Waals surface area contributed by atoms with Gasteiger partial charge in [0.05, 0.1) is 65.1 Å². The number of hydrogen-bond donors (Lipinski definition) is 12. The summed E-state index contributed by atoms with van der Waals surface area (Å²) in [6.45, 7) is 23.7. The van der Waals surface area contributed by atoms with E-state index < -0.39 is 161 Å². The van der Waals surface area contributed by atoms with E-state index in [9.17, 15) is 43.7 Å². The fraction of sp³-hybridized carbons (Fsp3) is 0.609. The summed E-state index contributed by atoms with van der Waals surface area (Å²) in [6, 6.07) is 8.88. The highest BCUT2D eigenvalue weighted by Crippen LogP contribution is 2.58. The van der Waals surface area contributed by atoms with E-state index in [0.717, 1.165) is 5.39 Å². The molecule has 7 aliphatic rings. The van der Waals surface area contributed by atoms with Gasteiger partial charge in [-0.3, -0.25) is 18.1 Å². The van der Waals surface area contributed by atoms with Crippen molar-refractivity contribution >= 4 is 90.9 Å². The van der Waals surface area contributed by atoms with Gasteiger partial charge in [-0.25, -0.2) is 53.6 Å². The van der Waals surface area contributed by atoms with Crippen LogP contribution in [-0.2, 0) is 79.2 Å². The molecule has 0 amide bonds. The number of aromatic nitrogens is 12. The van der Waals surface area contributed by atoms with Gasteiger partial charge in [0, 0.05) is 24.8 Å². The lowest BCUT2D eigenvalue weighted by molar-refractivity contribution is -0.221. The number of phosphoric acid groups is 3. The quantitative estimate of drug-likeness (QED) is 0.0446. The van der Waals surface area contributed by atoms with E-state index in [4.69, 9.17) is 98.9 Å². The van der Waals surface area contributed by atoms with Crippen molar-refractivity contribution in [3.8, 4) is 6.07 Å². The molecule has 0 bridgehead atoms. The third-order valence-corrected chi connectivity index (χ3v) is 22.0. The predicted octanol–water partition coefficient (Wildman–Crippen LogP) is 4.30. The molecule has 8 aromatic heterocycles. The number of aliphatic hydroxyl groups excluding tert-OH is 2. The van der Waals surface area contributed by atoms with Gasteiger partial charge in [-0.1, -0.05) is 0 Å². The van der Waals surface area contributed by atoms with Gasteiger partial charge in [-0.2, -0.15) is 5.26 Å². The van der Waals surface area contributed by atoms with Gasteiger partial charge < -0.3 is 128 Å². The molecule has 0 spiro atoms. The van der Waals surface area contributed by atoms with Gasteiger partial charge in [0.2, 0.25) is 0 Å². The van der Waals surface area contributed by atoms with Crippen LogP contribution in [0.2, 0.25) is 0 Å². The van der Waals surface area contributed by atoms with E-state index in [1.807, 2.05) is 57.5 Å². The summed E-state index contributed by atoms with van der Waals surface area (Å²) in [7, 11) is -13.9. The van der Waals surface area contributed by atoms with E-state index in [0.29, 0.717) is 56.2 Å². The fourth-order valence-electron chi connectivity index (χ4n) is 15.4. The maximum Gasteiger partial charge on any atom is 0.472 e. The molecule has 42 nitrogen and oxygen atoms in total. The van der Waals surface area contributed by atoms with Crippen LogP contribution in [0.3, 0.4) is 0 Å². The lowest BCUT2D eigenvalue weighted by atomic mass is 9.94. The van der Waals surface area contributed by atoms with Crippen LogP contribution >= 0.6 is 23.5 Å². The molecule has 7 fully saturated rings. The van der Waals surface area contributed by atoms with E-state index in [1.54, 1.807) is 87.5 Å². The number of aliphatic hydroxyl groups is 3. The highest BCUT2D eigenvalue weighted by Gasteiger charge is 2.69. The largest absolute Gasteiger partial charge is 0.472 e. The smallest absolute Gasteiger partial charge is 0.391 e. The third kappa shape index (κ3) is 15.7. The van der Waals surface area contributed by atoms with Crippen molar-refractivity contribution in [2.24, 2.45) is 0 Å². The molecule has 15 rings (SSSR count). The Morgan fingerprint density at radius 2 is 0.780 bits per heavy atom. The van der Waals surface area contributed by atoms with Gasteiger partial charge >= 0.3 is 23.5 Å². The molecule has 0 aliphatic carbocycles. The minimum Gasteiger partial charge on any atom is -0.391 e. The summed E-state index contributed by atoms with van der Waals surface area (Å²) < 4.78 is 122. The second-order valence-corrected chi connectivity index (χ2v) is 33.2. The second-order valence-electron chi connectivity index (χ2n) is 29.4. The topological polar surface area (TPSA) is 593 Å². The van der Waals surface area contributed by atoms with E-state index in [1.165, 1.54) is 50.6 Å². The van der Waals surface area contributed by atoms with Gasteiger partial charge in [0.15, 0.2) is 42.3 Å². The minimum atomic E-state index is -4.78. The van der Waals surface area contributed by atoms with E-state index in [2.05, 4.69) is 44.4 Å². The highest BCUT2D eigenvalue weighted by molar-refractivity contribution is 7.47. The Morgan fingerprint density at radius 3 is 1.10 bits per heavy atom. The van der Waals surface area contributed by atoms with Crippen LogP contribution in [0.25, 0.3) is 44.1 Å². The van der Waals surface area contributed by atoms with Crippen LogP contribution < -0.4 is 22.9 Å².